The van der Waals surface area contributed by atoms with Gasteiger partial charge in [0.25, 0.3) is 5.56 Å². The lowest BCUT2D eigenvalue weighted by Gasteiger charge is -2.38. The van der Waals surface area contributed by atoms with Gasteiger partial charge in [-0.25, -0.2) is 28.2 Å². The van der Waals surface area contributed by atoms with Crippen LogP contribution in [0.25, 0.3) is 10.9 Å². The molecule has 5 rings (SSSR count). The number of hydrazine groups is 1. The molecule has 0 spiro atoms. The van der Waals surface area contributed by atoms with Gasteiger partial charge in [0.2, 0.25) is 10.0 Å². The molecule has 1 saturated heterocycles. The molecule has 2 heterocycles. The standard InChI is InChI=1S/C24H35N5O4S2/c1-23(12-13-23)26-35(32,33)18-10-11-20-19(14-18)21(30)29(22(31)28(20)2)15-24(16-34-27-25-24)17-8-6-4-3-5-7-9-17/h10-11,14,17,25-27H,3-9,12-13,15-16H2,1-2H3. The molecule has 1 aliphatic heterocycles. The summed E-state index contributed by atoms with van der Waals surface area (Å²) in [6.45, 7) is 2.12. The van der Waals surface area contributed by atoms with E-state index in [4.69, 9.17) is 0 Å². The van der Waals surface area contributed by atoms with Crippen LogP contribution in [-0.2, 0) is 23.6 Å². The molecule has 3 fully saturated rings. The van der Waals surface area contributed by atoms with Gasteiger partial charge in [0.1, 0.15) is 0 Å². The number of rotatable bonds is 6. The Morgan fingerprint density at radius 1 is 1.11 bits per heavy atom. The van der Waals surface area contributed by atoms with Crippen LogP contribution < -0.4 is 26.2 Å². The summed E-state index contributed by atoms with van der Waals surface area (Å²) in [5, 5.41) is 0.238. The van der Waals surface area contributed by atoms with Crippen molar-refractivity contribution in [3.05, 3.63) is 39.0 Å². The van der Waals surface area contributed by atoms with E-state index in [1.807, 2.05) is 6.92 Å². The molecule has 0 bridgehead atoms. The molecule has 1 aromatic carbocycles. The monoisotopic (exact) mass is 521 g/mol. The number of aromatic nitrogens is 2. The van der Waals surface area contributed by atoms with E-state index < -0.39 is 26.7 Å². The topological polar surface area (TPSA) is 114 Å². The largest absolute Gasteiger partial charge is 0.331 e. The van der Waals surface area contributed by atoms with E-state index in [0.717, 1.165) is 44.3 Å². The third kappa shape index (κ3) is 4.85. The van der Waals surface area contributed by atoms with E-state index in [9.17, 15) is 18.0 Å². The van der Waals surface area contributed by atoms with Gasteiger partial charge < -0.3 is 0 Å². The second-order valence-electron chi connectivity index (χ2n) is 10.8. The van der Waals surface area contributed by atoms with Crippen molar-refractivity contribution >= 4 is 32.9 Å². The van der Waals surface area contributed by atoms with Crippen molar-refractivity contribution in [3.63, 3.8) is 0 Å². The summed E-state index contributed by atoms with van der Waals surface area (Å²) >= 11 is 1.57. The van der Waals surface area contributed by atoms with Crippen LogP contribution in [0.3, 0.4) is 0 Å². The number of sulfonamides is 1. The first-order chi connectivity index (χ1) is 16.6. The molecule has 35 heavy (non-hydrogen) atoms. The van der Waals surface area contributed by atoms with Crippen LogP contribution in [0.15, 0.2) is 32.7 Å². The fourth-order valence-corrected chi connectivity index (χ4v) is 8.03. The third-order valence-corrected chi connectivity index (χ3v) is 10.6. The zero-order chi connectivity index (χ0) is 24.8. The average Bonchev–Trinajstić information content (AvgIpc) is 3.32. The van der Waals surface area contributed by atoms with Gasteiger partial charge in [0.15, 0.2) is 0 Å². The predicted octanol–water partition coefficient (Wildman–Crippen LogP) is 2.39. The summed E-state index contributed by atoms with van der Waals surface area (Å²) in [5.74, 6) is 1.09. The van der Waals surface area contributed by atoms with E-state index in [2.05, 4.69) is 15.0 Å². The summed E-state index contributed by atoms with van der Waals surface area (Å²) in [7, 11) is -2.14. The number of hydrogen-bond donors (Lipinski definition) is 3. The van der Waals surface area contributed by atoms with Gasteiger partial charge in [0, 0.05) is 18.3 Å². The summed E-state index contributed by atoms with van der Waals surface area (Å²) in [5.41, 5.74) is 2.19. The highest BCUT2D eigenvalue weighted by Gasteiger charge is 2.43. The van der Waals surface area contributed by atoms with Crippen LogP contribution >= 0.6 is 11.9 Å². The highest BCUT2D eigenvalue weighted by molar-refractivity contribution is 7.97. The lowest BCUT2D eigenvalue weighted by molar-refractivity contribution is 0.170. The SMILES string of the molecule is Cn1c(=O)n(CC2(C3CCCCCCC3)CSNN2)c(=O)c2cc(S(=O)(=O)NC3(C)CC3)ccc21. The van der Waals surface area contributed by atoms with Crippen LogP contribution in [0, 0.1) is 5.92 Å². The van der Waals surface area contributed by atoms with Crippen LogP contribution in [-0.4, -0.2) is 34.4 Å². The summed E-state index contributed by atoms with van der Waals surface area (Å²) in [4.78, 5) is 30.3. The quantitative estimate of drug-likeness (QED) is 0.500. The summed E-state index contributed by atoms with van der Waals surface area (Å²) in [6.07, 6.45) is 9.71. The first kappa shape index (κ1) is 25.0. The maximum atomic E-state index is 13.7. The molecule has 1 atom stereocenters. The number of nitrogens with zero attached hydrogens (tertiary/aromatic N) is 2. The van der Waals surface area contributed by atoms with E-state index in [-0.39, 0.29) is 22.5 Å². The van der Waals surface area contributed by atoms with Gasteiger partial charge in [0.05, 0.1) is 27.9 Å². The van der Waals surface area contributed by atoms with Crippen molar-refractivity contribution in [1.29, 1.82) is 0 Å². The molecule has 1 aromatic heterocycles. The van der Waals surface area contributed by atoms with Crippen molar-refractivity contribution in [2.75, 3.05) is 5.75 Å². The van der Waals surface area contributed by atoms with Gasteiger partial charge in [-0.2, -0.15) is 0 Å². The number of fused-ring (bicyclic) bond motifs is 1. The molecular weight excluding hydrogens is 486 g/mol. The lowest BCUT2D eigenvalue weighted by atomic mass is 9.77. The molecule has 2 aliphatic carbocycles. The van der Waals surface area contributed by atoms with Gasteiger partial charge in [-0.05, 0) is 56.7 Å². The Balaban J connectivity index is 1.56. The molecule has 2 aromatic rings. The smallest absolute Gasteiger partial charge is 0.296 e. The average molecular weight is 522 g/mol. The molecule has 3 N–H and O–H groups in total. The number of benzene rings is 1. The minimum Gasteiger partial charge on any atom is -0.296 e. The minimum absolute atomic E-state index is 0.0476. The molecule has 9 nitrogen and oxygen atoms in total. The lowest BCUT2D eigenvalue weighted by Crippen LogP contribution is -2.58. The zero-order valence-electron chi connectivity index (χ0n) is 20.4. The maximum absolute atomic E-state index is 13.7. The Labute approximate surface area is 210 Å². The molecule has 3 aliphatic rings. The second kappa shape index (κ2) is 9.33. The maximum Gasteiger partial charge on any atom is 0.331 e. The number of nitrogens with one attached hydrogen (secondary N) is 3. The third-order valence-electron chi connectivity index (χ3n) is 8.04. The van der Waals surface area contributed by atoms with Crippen molar-refractivity contribution in [1.82, 2.24) is 24.1 Å². The Bertz CT molecular complexity index is 1330. The molecule has 0 radical (unpaired) electrons. The number of aryl methyl sites for hydroxylation is 1. The minimum atomic E-state index is -3.77. The zero-order valence-corrected chi connectivity index (χ0v) is 22.1. The van der Waals surface area contributed by atoms with Crippen molar-refractivity contribution in [3.8, 4) is 0 Å². The van der Waals surface area contributed by atoms with Crippen molar-refractivity contribution in [2.24, 2.45) is 13.0 Å². The normalized spacial score (nSPS) is 25.4. The Kier molecular flexibility index (Phi) is 6.67. The molecule has 0 amide bonds. The fraction of sp³-hybridized carbons (Fsp3) is 0.667. The Morgan fingerprint density at radius 2 is 1.80 bits per heavy atom. The van der Waals surface area contributed by atoms with Gasteiger partial charge in [-0.3, -0.25) is 13.9 Å². The van der Waals surface area contributed by atoms with E-state index in [1.54, 1.807) is 25.1 Å². The first-order valence-electron chi connectivity index (χ1n) is 12.6. The number of hydrogen-bond acceptors (Lipinski definition) is 7. The van der Waals surface area contributed by atoms with Gasteiger partial charge >= 0.3 is 5.69 Å². The molecular formula is C24H35N5O4S2. The van der Waals surface area contributed by atoms with Crippen molar-refractivity contribution < 1.29 is 8.42 Å². The highest BCUT2D eigenvalue weighted by atomic mass is 32.2. The van der Waals surface area contributed by atoms with Crippen LogP contribution in [0.2, 0.25) is 0 Å². The second-order valence-corrected chi connectivity index (χ2v) is 13.3. The van der Waals surface area contributed by atoms with E-state index in [1.165, 1.54) is 40.5 Å². The van der Waals surface area contributed by atoms with E-state index >= 15 is 0 Å². The van der Waals surface area contributed by atoms with Crippen LogP contribution in [0.5, 0.6) is 0 Å². The molecule has 192 valence electrons. The van der Waals surface area contributed by atoms with E-state index in [0.29, 0.717) is 11.4 Å². The Hall–Kier alpha value is -1.66. The molecule has 1 unspecified atom stereocenters. The Morgan fingerprint density at radius 3 is 2.43 bits per heavy atom. The summed E-state index contributed by atoms with van der Waals surface area (Å²) < 4.78 is 31.4. The predicted molar refractivity (Wildman–Crippen MR) is 139 cm³/mol. The van der Waals surface area contributed by atoms with Gasteiger partial charge in [-0.1, -0.05) is 44.1 Å². The van der Waals surface area contributed by atoms with Crippen LogP contribution in [0.1, 0.15) is 64.7 Å². The van der Waals surface area contributed by atoms with Crippen LogP contribution in [0.4, 0.5) is 0 Å². The molecule has 2 saturated carbocycles. The first-order valence-corrected chi connectivity index (χ1v) is 15.0. The van der Waals surface area contributed by atoms with Crippen molar-refractivity contribution in [2.45, 2.75) is 87.2 Å². The van der Waals surface area contributed by atoms with Gasteiger partial charge in [-0.15, -0.1) is 0 Å². The fourth-order valence-electron chi connectivity index (χ4n) is 5.54. The summed E-state index contributed by atoms with van der Waals surface area (Å²) in [6, 6.07) is 4.44. The molecule has 11 heteroatoms. The highest BCUT2D eigenvalue weighted by Crippen LogP contribution is 2.37.